The number of allylic oxidation sites excluding steroid dienone is 4. The van der Waals surface area contributed by atoms with Crippen LogP contribution in [0.25, 0.3) is 0 Å². The van der Waals surface area contributed by atoms with Gasteiger partial charge in [0.25, 0.3) is 10.1 Å². The molecule has 1 aromatic carbocycles. The quantitative estimate of drug-likeness (QED) is 0.0300. The molecule has 0 heterocycles. The first-order valence-corrected chi connectivity index (χ1v) is 28.5. The summed E-state index contributed by atoms with van der Waals surface area (Å²) in [5.74, 6) is -1.74. The molecular formula is C56H98O7S. The first-order valence-electron chi connectivity index (χ1n) is 27.1. The molecule has 0 unspecified atom stereocenters. The molecule has 0 spiro atoms. The molecule has 0 aliphatic heterocycles. The third-order valence-corrected chi connectivity index (χ3v) is 13.4. The minimum Gasteiger partial charge on any atom is -0.462 e. The maximum atomic E-state index is 13.1. The van der Waals surface area contributed by atoms with Crippen LogP contribution in [0.15, 0.2) is 47.4 Å². The summed E-state index contributed by atoms with van der Waals surface area (Å²) >= 11 is 0. The van der Waals surface area contributed by atoms with Gasteiger partial charge < -0.3 is 9.47 Å². The Hall–Kier alpha value is -2.45. The molecular weight excluding hydrogens is 817 g/mol. The van der Waals surface area contributed by atoms with Crippen molar-refractivity contribution in [2.24, 2.45) is 0 Å². The number of esters is 2. The van der Waals surface area contributed by atoms with Gasteiger partial charge in [0, 0.05) is 0 Å². The summed E-state index contributed by atoms with van der Waals surface area (Å²) in [4.78, 5) is 25.5. The Labute approximate surface area is 394 Å². The van der Waals surface area contributed by atoms with Crippen LogP contribution in [0.4, 0.5) is 0 Å². The molecule has 1 rings (SSSR count). The van der Waals surface area contributed by atoms with Gasteiger partial charge in [-0.1, -0.05) is 237 Å². The van der Waals surface area contributed by atoms with Gasteiger partial charge in [-0.3, -0.25) is 4.55 Å². The second-order valence-electron chi connectivity index (χ2n) is 18.5. The number of ether oxygens (including phenoxy) is 2. The minimum atomic E-state index is -4.77. The van der Waals surface area contributed by atoms with Gasteiger partial charge in [0.05, 0.1) is 24.3 Å². The molecule has 0 bridgehead atoms. The van der Waals surface area contributed by atoms with E-state index in [4.69, 9.17) is 9.47 Å². The fourth-order valence-corrected chi connectivity index (χ4v) is 9.13. The van der Waals surface area contributed by atoms with Gasteiger partial charge in [0.15, 0.2) is 0 Å². The van der Waals surface area contributed by atoms with E-state index in [1.54, 1.807) is 0 Å². The lowest BCUT2D eigenvalue weighted by atomic mass is 10.1. The van der Waals surface area contributed by atoms with Crippen molar-refractivity contribution in [3.05, 3.63) is 53.6 Å². The number of carbonyl (C=O) groups is 2. The smallest absolute Gasteiger partial charge is 0.340 e. The van der Waals surface area contributed by atoms with E-state index < -0.39 is 32.5 Å². The summed E-state index contributed by atoms with van der Waals surface area (Å²) in [7, 11) is -4.77. The Bertz CT molecular complexity index is 1400. The van der Waals surface area contributed by atoms with Crippen molar-refractivity contribution in [1.29, 1.82) is 0 Å². The van der Waals surface area contributed by atoms with Crippen molar-refractivity contribution in [3.63, 3.8) is 0 Å². The van der Waals surface area contributed by atoms with Gasteiger partial charge in [-0.25, -0.2) is 9.59 Å². The van der Waals surface area contributed by atoms with Crippen LogP contribution in [0, 0.1) is 0 Å². The molecule has 370 valence electrons. The molecule has 0 radical (unpaired) electrons. The van der Waals surface area contributed by atoms with Gasteiger partial charge >= 0.3 is 11.9 Å². The molecule has 0 saturated carbocycles. The van der Waals surface area contributed by atoms with Crippen LogP contribution in [0.3, 0.4) is 0 Å². The van der Waals surface area contributed by atoms with Crippen molar-refractivity contribution >= 4 is 22.1 Å². The van der Waals surface area contributed by atoms with Crippen molar-refractivity contribution in [3.8, 4) is 0 Å². The molecule has 64 heavy (non-hydrogen) atoms. The zero-order valence-electron chi connectivity index (χ0n) is 41.5. The molecule has 0 saturated heterocycles. The van der Waals surface area contributed by atoms with E-state index in [0.29, 0.717) is 12.8 Å². The number of carbonyl (C=O) groups excluding carboxylic acids is 2. The number of hydrogen-bond acceptors (Lipinski definition) is 6. The van der Waals surface area contributed by atoms with Crippen molar-refractivity contribution < 1.29 is 32.0 Å². The summed E-state index contributed by atoms with van der Waals surface area (Å²) in [5, 5.41) is 0. The highest BCUT2D eigenvalue weighted by Gasteiger charge is 2.28. The molecule has 0 aliphatic carbocycles. The first-order chi connectivity index (χ1) is 31.3. The van der Waals surface area contributed by atoms with E-state index >= 15 is 0 Å². The summed E-state index contributed by atoms with van der Waals surface area (Å²) in [6, 6.07) is 3.78. The predicted molar refractivity (Wildman–Crippen MR) is 271 cm³/mol. The standard InChI is InChI=1S/C56H98O7S/c1-3-5-7-9-11-13-15-17-19-21-23-25-27-29-31-33-35-37-39-41-43-45-50-62-55(57)52-48-47-49-53(64(59,60)61)54(52)56(58)63-51-46-44-42-40-38-36-34-32-30-28-26-24-22-20-18-16-14-12-10-8-6-4-2/h23-26,47-49H,3-22,27-46,50-51H2,1-2H3,(H,59,60,61)/b25-23+,26-24+. The van der Waals surface area contributed by atoms with Gasteiger partial charge in [-0.15, -0.1) is 0 Å². The summed E-state index contributed by atoms with van der Waals surface area (Å²) in [6.07, 6.45) is 59.3. The largest absolute Gasteiger partial charge is 0.462 e. The average molecular weight is 915 g/mol. The second-order valence-corrected chi connectivity index (χ2v) is 19.9. The molecule has 0 amide bonds. The molecule has 1 aromatic rings. The minimum absolute atomic E-state index is 0.108. The Morgan fingerprint density at radius 1 is 0.422 bits per heavy atom. The highest BCUT2D eigenvalue weighted by molar-refractivity contribution is 7.86. The van der Waals surface area contributed by atoms with Crippen molar-refractivity contribution in [2.75, 3.05) is 13.2 Å². The lowest BCUT2D eigenvalue weighted by Crippen LogP contribution is -2.19. The SMILES string of the molecule is CCCCCCCCCCC/C=C/CCCCCCCCCCCOC(=O)c1cccc(S(=O)(=O)O)c1C(=O)OCCCCCCCCCCC/C=C/CCCCCCCCCCC. The fourth-order valence-electron chi connectivity index (χ4n) is 8.43. The summed E-state index contributed by atoms with van der Waals surface area (Å²) in [6.45, 7) is 4.83. The second kappa shape index (κ2) is 44.4. The monoisotopic (exact) mass is 915 g/mol. The topological polar surface area (TPSA) is 107 Å². The van der Waals surface area contributed by atoms with Gasteiger partial charge in [-0.2, -0.15) is 8.42 Å². The maximum absolute atomic E-state index is 13.1. The van der Waals surface area contributed by atoms with E-state index in [1.165, 1.54) is 218 Å². The lowest BCUT2D eigenvalue weighted by Gasteiger charge is -2.13. The molecule has 0 fully saturated rings. The zero-order chi connectivity index (χ0) is 46.4. The van der Waals surface area contributed by atoms with E-state index in [1.807, 2.05) is 0 Å². The number of rotatable bonds is 47. The van der Waals surface area contributed by atoms with Crippen LogP contribution < -0.4 is 0 Å². The Kier molecular flexibility index (Phi) is 41.3. The van der Waals surface area contributed by atoms with Crippen molar-refractivity contribution in [2.45, 2.75) is 276 Å². The lowest BCUT2D eigenvalue weighted by molar-refractivity contribution is 0.0446. The number of hydrogen-bond donors (Lipinski definition) is 1. The van der Waals surface area contributed by atoms with Crippen LogP contribution in [0.1, 0.15) is 291 Å². The first kappa shape index (κ1) is 59.6. The van der Waals surface area contributed by atoms with Crippen LogP contribution in [-0.2, 0) is 19.6 Å². The number of unbranched alkanes of at least 4 members (excludes halogenated alkanes) is 36. The van der Waals surface area contributed by atoms with E-state index in [0.717, 1.165) is 44.6 Å². The van der Waals surface area contributed by atoms with E-state index in [2.05, 4.69) is 38.2 Å². The number of benzene rings is 1. The Morgan fingerprint density at radius 2 is 0.703 bits per heavy atom. The third-order valence-electron chi connectivity index (χ3n) is 12.5. The van der Waals surface area contributed by atoms with E-state index in [9.17, 15) is 22.6 Å². The Balaban J connectivity index is 2.12. The molecule has 0 aliphatic rings. The van der Waals surface area contributed by atoms with Gasteiger partial charge in [0.1, 0.15) is 4.90 Å². The molecule has 7 nitrogen and oxygen atoms in total. The van der Waals surface area contributed by atoms with Gasteiger partial charge in [0.2, 0.25) is 0 Å². The highest BCUT2D eigenvalue weighted by Crippen LogP contribution is 2.23. The Morgan fingerprint density at radius 3 is 1.02 bits per heavy atom. The molecule has 0 aromatic heterocycles. The summed E-state index contributed by atoms with van der Waals surface area (Å²) in [5.41, 5.74) is -0.672. The molecule has 0 atom stereocenters. The van der Waals surface area contributed by atoms with Crippen LogP contribution in [-0.4, -0.2) is 38.1 Å². The van der Waals surface area contributed by atoms with Crippen molar-refractivity contribution in [1.82, 2.24) is 0 Å². The van der Waals surface area contributed by atoms with Gasteiger partial charge in [-0.05, 0) is 76.3 Å². The van der Waals surface area contributed by atoms with Crippen LogP contribution in [0.5, 0.6) is 0 Å². The van der Waals surface area contributed by atoms with Crippen LogP contribution in [0.2, 0.25) is 0 Å². The maximum Gasteiger partial charge on any atom is 0.340 e. The zero-order valence-corrected chi connectivity index (χ0v) is 42.4. The normalized spacial score (nSPS) is 11.9. The molecule has 8 heteroatoms. The molecule has 1 N–H and O–H groups in total. The third kappa shape index (κ3) is 35.8. The fraction of sp³-hybridized carbons (Fsp3) is 0.786. The predicted octanol–water partition coefficient (Wildman–Crippen LogP) is 18.0. The average Bonchev–Trinajstić information content (AvgIpc) is 3.28. The highest BCUT2D eigenvalue weighted by atomic mass is 32.2. The summed E-state index contributed by atoms with van der Waals surface area (Å²) < 4.78 is 45.1. The van der Waals surface area contributed by atoms with E-state index in [-0.39, 0.29) is 18.8 Å². The van der Waals surface area contributed by atoms with Crippen LogP contribution >= 0.6 is 0 Å².